The van der Waals surface area contributed by atoms with E-state index in [2.05, 4.69) is 34.2 Å². The molecule has 1 amide bonds. The van der Waals surface area contributed by atoms with Gasteiger partial charge in [-0.3, -0.25) is 9.69 Å². The molecule has 130 valence electrons. The molecule has 0 atom stereocenters. The Morgan fingerprint density at radius 2 is 1.50 bits per heavy atom. The Balaban J connectivity index is 1.49. The fourth-order valence-corrected chi connectivity index (χ4v) is 3.35. The average Bonchev–Trinajstić information content (AvgIpc) is 3.06. The molecular formula is C22H21N3O. The molecule has 0 radical (unpaired) electrons. The lowest BCUT2D eigenvalue weighted by molar-refractivity contribution is -0.119. The van der Waals surface area contributed by atoms with Crippen molar-refractivity contribution in [3.8, 4) is 0 Å². The third-order valence-electron chi connectivity index (χ3n) is 4.62. The van der Waals surface area contributed by atoms with Crippen LogP contribution in [0, 0.1) is 0 Å². The predicted molar refractivity (Wildman–Crippen MR) is 101 cm³/mol. The first-order chi connectivity index (χ1) is 12.8. The molecule has 2 aromatic carbocycles. The SMILES string of the molecule is O=C(CN1Cc2ccccc2C1)N=c1ccccn1Cc1ccccc1. The third kappa shape index (κ3) is 3.81. The van der Waals surface area contributed by atoms with Crippen molar-refractivity contribution in [3.05, 3.63) is 101 Å². The zero-order chi connectivity index (χ0) is 17.8. The molecule has 1 aliphatic rings. The van der Waals surface area contributed by atoms with Gasteiger partial charge in [-0.1, -0.05) is 60.7 Å². The summed E-state index contributed by atoms with van der Waals surface area (Å²) in [4.78, 5) is 19.0. The number of nitrogens with zero attached hydrogens (tertiary/aromatic N) is 3. The average molecular weight is 343 g/mol. The zero-order valence-electron chi connectivity index (χ0n) is 14.6. The first kappa shape index (κ1) is 16.5. The molecule has 1 aliphatic heterocycles. The second-order valence-electron chi connectivity index (χ2n) is 6.59. The number of rotatable bonds is 4. The van der Waals surface area contributed by atoms with E-state index in [1.165, 1.54) is 16.7 Å². The molecule has 0 fully saturated rings. The number of carbonyl (C=O) groups is 1. The summed E-state index contributed by atoms with van der Waals surface area (Å²) in [6, 6.07) is 24.3. The van der Waals surface area contributed by atoms with Gasteiger partial charge in [0.1, 0.15) is 5.49 Å². The van der Waals surface area contributed by atoms with Crippen LogP contribution in [0.4, 0.5) is 0 Å². The predicted octanol–water partition coefficient (Wildman–Crippen LogP) is 2.98. The van der Waals surface area contributed by atoms with Crippen LogP contribution in [0.2, 0.25) is 0 Å². The van der Waals surface area contributed by atoms with Gasteiger partial charge in [-0.15, -0.1) is 0 Å². The molecule has 0 N–H and O–H groups in total. The number of carbonyl (C=O) groups excluding carboxylic acids is 1. The second kappa shape index (κ2) is 7.50. The van der Waals surface area contributed by atoms with Crippen molar-refractivity contribution in [1.29, 1.82) is 0 Å². The lowest BCUT2D eigenvalue weighted by Crippen LogP contribution is -2.27. The summed E-state index contributed by atoms with van der Waals surface area (Å²) in [5.74, 6) is -0.106. The minimum absolute atomic E-state index is 0.106. The van der Waals surface area contributed by atoms with Crippen molar-refractivity contribution in [3.63, 3.8) is 0 Å². The van der Waals surface area contributed by atoms with Crippen molar-refractivity contribution in [2.45, 2.75) is 19.6 Å². The Kier molecular flexibility index (Phi) is 4.75. The van der Waals surface area contributed by atoms with E-state index in [4.69, 9.17) is 0 Å². The van der Waals surface area contributed by atoms with Crippen LogP contribution in [0.5, 0.6) is 0 Å². The van der Waals surface area contributed by atoms with E-state index in [-0.39, 0.29) is 5.91 Å². The van der Waals surface area contributed by atoms with Crippen LogP contribution < -0.4 is 5.49 Å². The van der Waals surface area contributed by atoms with Crippen LogP contribution >= 0.6 is 0 Å². The molecule has 2 heterocycles. The van der Waals surface area contributed by atoms with Gasteiger partial charge in [0.25, 0.3) is 5.91 Å². The molecule has 4 rings (SSSR count). The van der Waals surface area contributed by atoms with E-state index < -0.39 is 0 Å². The van der Waals surface area contributed by atoms with Crippen molar-refractivity contribution >= 4 is 5.91 Å². The highest BCUT2D eigenvalue weighted by atomic mass is 16.1. The number of amides is 1. The zero-order valence-corrected chi connectivity index (χ0v) is 14.6. The van der Waals surface area contributed by atoms with E-state index in [9.17, 15) is 4.79 Å². The minimum atomic E-state index is -0.106. The van der Waals surface area contributed by atoms with Gasteiger partial charge in [-0.2, -0.15) is 4.99 Å². The number of pyridine rings is 1. The van der Waals surface area contributed by atoms with Crippen molar-refractivity contribution in [2.24, 2.45) is 4.99 Å². The molecule has 0 bridgehead atoms. The van der Waals surface area contributed by atoms with Gasteiger partial charge >= 0.3 is 0 Å². The van der Waals surface area contributed by atoms with Crippen LogP contribution in [-0.2, 0) is 24.4 Å². The Bertz CT molecular complexity index is 951. The summed E-state index contributed by atoms with van der Waals surface area (Å²) in [6.07, 6.45) is 1.96. The van der Waals surface area contributed by atoms with Crippen LogP contribution in [-0.4, -0.2) is 21.9 Å². The number of hydrogen-bond acceptors (Lipinski definition) is 2. The molecule has 4 nitrogen and oxygen atoms in total. The quantitative estimate of drug-likeness (QED) is 0.730. The molecule has 0 unspecified atom stereocenters. The summed E-state index contributed by atoms with van der Waals surface area (Å²) >= 11 is 0. The molecule has 0 spiro atoms. The maximum atomic E-state index is 12.5. The third-order valence-corrected chi connectivity index (χ3v) is 4.62. The topological polar surface area (TPSA) is 37.6 Å². The Morgan fingerprint density at radius 3 is 2.23 bits per heavy atom. The molecule has 4 heteroatoms. The second-order valence-corrected chi connectivity index (χ2v) is 6.59. The smallest absolute Gasteiger partial charge is 0.261 e. The summed E-state index contributed by atoms with van der Waals surface area (Å²) < 4.78 is 2.01. The van der Waals surface area contributed by atoms with Crippen LogP contribution in [0.1, 0.15) is 16.7 Å². The highest BCUT2D eigenvalue weighted by molar-refractivity contribution is 5.79. The summed E-state index contributed by atoms with van der Waals surface area (Å²) in [7, 11) is 0. The molecular weight excluding hydrogens is 322 g/mol. The fraction of sp³-hybridized carbons (Fsp3) is 0.182. The van der Waals surface area contributed by atoms with Crippen LogP contribution in [0.3, 0.4) is 0 Å². The minimum Gasteiger partial charge on any atom is -0.328 e. The lowest BCUT2D eigenvalue weighted by Gasteiger charge is -2.12. The van der Waals surface area contributed by atoms with E-state index >= 15 is 0 Å². The monoisotopic (exact) mass is 343 g/mol. The van der Waals surface area contributed by atoms with Crippen molar-refractivity contribution in [2.75, 3.05) is 6.54 Å². The maximum Gasteiger partial charge on any atom is 0.261 e. The largest absolute Gasteiger partial charge is 0.328 e. The first-order valence-corrected chi connectivity index (χ1v) is 8.84. The molecule has 0 aliphatic carbocycles. The van der Waals surface area contributed by atoms with Gasteiger partial charge in [-0.25, -0.2) is 0 Å². The normalized spacial score (nSPS) is 14.4. The molecule has 0 saturated heterocycles. The van der Waals surface area contributed by atoms with E-state index in [1.807, 2.05) is 59.3 Å². The standard InChI is InChI=1S/C22H21N3O/c26-22(17-24-15-19-10-4-5-11-20(19)16-24)23-21-12-6-7-13-25(21)14-18-8-2-1-3-9-18/h1-13H,14-17H2. The van der Waals surface area contributed by atoms with E-state index in [1.54, 1.807) is 0 Å². The summed E-state index contributed by atoms with van der Waals surface area (Å²) in [6.45, 7) is 2.67. The molecule has 26 heavy (non-hydrogen) atoms. The number of fused-ring (bicyclic) bond motifs is 1. The van der Waals surface area contributed by atoms with Crippen LogP contribution in [0.25, 0.3) is 0 Å². The summed E-state index contributed by atoms with van der Waals surface area (Å²) in [5, 5.41) is 0. The van der Waals surface area contributed by atoms with Gasteiger partial charge in [0.15, 0.2) is 0 Å². The number of hydrogen-bond donors (Lipinski definition) is 0. The Labute approximate surface area is 153 Å². The van der Waals surface area contributed by atoms with Gasteiger partial charge in [0, 0.05) is 25.8 Å². The van der Waals surface area contributed by atoms with Gasteiger partial charge in [0.2, 0.25) is 0 Å². The van der Waals surface area contributed by atoms with Crippen molar-refractivity contribution < 1.29 is 4.79 Å². The Hall–Kier alpha value is -2.98. The fourth-order valence-electron chi connectivity index (χ4n) is 3.35. The molecule has 1 aromatic heterocycles. The van der Waals surface area contributed by atoms with E-state index in [0.29, 0.717) is 18.6 Å². The highest BCUT2D eigenvalue weighted by Gasteiger charge is 2.20. The Morgan fingerprint density at radius 1 is 0.846 bits per heavy atom. The maximum absolute atomic E-state index is 12.5. The van der Waals surface area contributed by atoms with E-state index in [0.717, 1.165) is 13.1 Å². The molecule has 0 saturated carbocycles. The van der Waals surface area contributed by atoms with Gasteiger partial charge in [0.05, 0.1) is 6.54 Å². The first-order valence-electron chi connectivity index (χ1n) is 8.84. The summed E-state index contributed by atoms with van der Waals surface area (Å²) in [5.41, 5.74) is 4.49. The highest BCUT2D eigenvalue weighted by Crippen LogP contribution is 2.21. The van der Waals surface area contributed by atoms with Gasteiger partial charge in [-0.05, 0) is 28.8 Å². The lowest BCUT2D eigenvalue weighted by atomic mass is 10.1. The van der Waals surface area contributed by atoms with Crippen LogP contribution in [0.15, 0.2) is 84.0 Å². The van der Waals surface area contributed by atoms with Crippen molar-refractivity contribution in [1.82, 2.24) is 9.47 Å². The number of aromatic nitrogens is 1. The number of benzene rings is 2. The molecule has 3 aromatic rings. The van der Waals surface area contributed by atoms with Gasteiger partial charge < -0.3 is 4.57 Å².